The van der Waals surface area contributed by atoms with Crippen molar-refractivity contribution in [1.82, 2.24) is 14.5 Å². The van der Waals surface area contributed by atoms with Gasteiger partial charge in [0.05, 0.1) is 24.0 Å². The first-order valence-electron chi connectivity index (χ1n) is 6.96. The monoisotopic (exact) mass is 313 g/mol. The maximum absolute atomic E-state index is 13.8. The molecular weight excluding hydrogens is 293 g/mol. The van der Waals surface area contributed by atoms with Gasteiger partial charge in [-0.2, -0.15) is 0 Å². The number of ether oxygens (including phenoxy) is 1. The molecule has 0 saturated carbocycles. The van der Waals surface area contributed by atoms with Crippen LogP contribution in [0.2, 0.25) is 0 Å². The fourth-order valence-corrected chi connectivity index (χ4v) is 2.40. The lowest BCUT2D eigenvalue weighted by Gasteiger charge is -2.21. The molecule has 1 aromatic heterocycles. The summed E-state index contributed by atoms with van der Waals surface area (Å²) in [5.74, 6) is 0.859. The number of hydrogen-bond donors (Lipinski definition) is 0. The summed E-state index contributed by atoms with van der Waals surface area (Å²) in [5, 5.41) is 0. The van der Waals surface area contributed by atoms with Gasteiger partial charge in [-0.15, -0.1) is 11.6 Å². The molecule has 0 N–H and O–H groups in total. The Morgan fingerprint density at radius 2 is 2.14 bits per heavy atom. The van der Waals surface area contributed by atoms with Crippen molar-refractivity contribution in [2.75, 3.05) is 20.7 Å². The van der Waals surface area contributed by atoms with Gasteiger partial charge in [0.15, 0.2) is 11.6 Å². The van der Waals surface area contributed by atoms with Crippen molar-refractivity contribution in [2.45, 2.75) is 32.3 Å². The number of aromatic nitrogens is 2. The summed E-state index contributed by atoms with van der Waals surface area (Å²) < 4.78 is 20.9. The second-order valence-corrected chi connectivity index (χ2v) is 5.63. The fourth-order valence-electron chi connectivity index (χ4n) is 2.20. The van der Waals surface area contributed by atoms with Crippen molar-refractivity contribution in [3.63, 3.8) is 0 Å². The van der Waals surface area contributed by atoms with E-state index in [1.807, 2.05) is 4.57 Å². The van der Waals surface area contributed by atoms with Gasteiger partial charge < -0.3 is 14.2 Å². The lowest BCUT2D eigenvalue weighted by Crippen LogP contribution is -2.30. The van der Waals surface area contributed by atoms with Crippen molar-refractivity contribution in [1.29, 1.82) is 0 Å². The highest BCUT2D eigenvalue weighted by Crippen LogP contribution is 2.26. The van der Waals surface area contributed by atoms with Crippen LogP contribution in [0.1, 0.15) is 19.7 Å². The predicted molar refractivity (Wildman–Crippen MR) is 83.6 cm³/mol. The number of halogens is 2. The van der Waals surface area contributed by atoms with E-state index in [-0.39, 0.29) is 5.75 Å². The van der Waals surface area contributed by atoms with Gasteiger partial charge in [0, 0.05) is 31.3 Å². The first-order chi connectivity index (χ1) is 9.97. The van der Waals surface area contributed by atoms with Crippen LogP contribution in [0.15, 0.2) is 12.1 Å². The minimum Gasteiger partial charge on any atom is -0.494 e. The molecule has 0 bridgehead atoms. The van der Waals surface area contributed by atoms with Gasteiger partial charge >= 0.3 is 0 Å². The third kappa shape index (κ3) is 3.30. The molecule has 21 heavy (non-hydrogen) atoms. The zero-order valence-electron chi connectivity index (χ0n) is 12.9. The molecule has 0 radical (unpaired) electrons. The van der Waals surface area contributed by atoms with Crippen molar-refractivity contribution in [2.24, 2.45) is 0 Å². The molecular formula is C15H21ClFN3O. The summed E-state index contributed by atoms with van der Waals surface area (Å²) in [7, 11) is 3.53. The molecule has 0 aliphatic heterocycles. The Bertz CT molecular complexity index is 627. The maximum Gasteiger partial charge on any atom is 0.167 e. The average Bonchev–Trinajstić information content (AvgIpc) is 2.80. The van der Waals surface area contributed by atoms with E-state index in [0.717, 1.165) is 24.4 Å². The largest absolute Gasteiger partial charge is 0.494 e. The molecule has 2 rings (SSSR count). The highest BCUT2D eigenvalue weighted by Gasteiger charge is 2.15. The van der Waals surface area contributed by atoms with Crippen LogP contribution >= 0.6 is 11.6 Å². The van der Waals surface area contributed by atoms with E-state index in [4.69, 9.17) is 16.3 Å². The van der Waals surface area contributed by atoms with Crippen molar-refractivity contribution >= 4 is 22.6 Å². The molecule has 0 saturated heterocycles. The standard InChI is InChI=1S/C15H21ClFN3O/c1-10(2)19(3)5-6-20-13-8-14(21-4)11(17)7-12(13)18-15(20)9-16/h7-8,10H,5-6,9H2,1-4H3. The number of imidazole rings is 1. The Hall–Kier alpha value is -1.33. The van der Waals surface area contributed by atoms with Crippen LogP contribution in [0.5, 0.6) is 5.75 Å². The van der Waals surface area contributed by atoms with Crippen LogP contribution in [0.3, 0.4) is 0 Å². The Morgan fingerprint density at radius 3 is 2.71 bits per heavy atom. The second kappa shape index (κ2) is 6.62. The molecule has 116 valence electrons. The Morgan fingerprint density at radius 1 is 1.43 bits per heavy atom. The smallest absolute Gasteiger partial charge is 0.167 e. The minimum absolute atomic E-state index is 0.224. The van der Waals surface area contributed by atoms with E-state index in [2.05, 4.69) is 30.8 Å². The third-order valence-corrected chi connectivity index (χ3v) is 4.02. The van der Waals surface area contributed by atoms with E-state index in [9.17, 15) is 4.39 Å². The van der Waals surface area contributed by atoms with E-state index in [1.54, 1.807) is 6.07 Å². The molecule has 0 aliphatic carbocycles. The van der Waals surface area contributed by atoms with Crippen molar-refractivity contribution in [3.8, 4) is 5.75 Å². The Balaban J connectivity index is 2.40. The minimum atomic E-state index is -0.407. The van der Waals surface area contributed by atoms with Gasteiger partial charge in [0.2, 0.25) is 0 Å². The Kier molecular flexibility index (Phi) is 5.06. The molecule has 6 heteroatoms. The van der Waals surface area contributed by atoms with Crippen molar-refractivity contribution < 1.29 is 9.13 Å². The number of nitrogens with zero attached hydrogens (tertiary/aromatic N) is 3. The molecule has 1 aromatic carbocycles. The lowest BCUT2D eigenvalue weighted by atomic mass is 10.2. The maximum atomic E-state index is 13.8. The molecule has 0 fully saturated rings. The summed E-state index contributed by atoms with van der Waals surface area (Å²) in [6.45, 7) is 5.91. The number of alkyl halides is 1. The van der Waals surface area contributed by atoms with Crippen LogP contribution in [-0.2, 0) is 12.4 Å². The van der Waals surface area contributed by atoms with E-state index in [0.29, 0.717) is 17.4 Å². The van der Waals surface area contributed by atoms with Gasteiger partial charge in [-0.3, -0.25) is 0 Å². The quantitative estimate of drug-likeness (QED) is 0.767. The van der Waals surface area contributed by atoms with Gasteiger partial charge in [0.25, 0.3) is 0 Å². The lowest BCUT2D eigenvalue weighted by molar-refractivity contribution is 0.263. The fraction of sp³-hybridized carbons (Fsp3) is 0.533. The number of fused-ring (bicyclic) bond motifs is 1. The van der Waals surface area contributed by atoms with Gasteiger partial charge in [-0.05, 0) is 20.9 Å². The highest BCUT2D eigenvalue weighted by molar-refractivity contribution is 6.16. The molecule has 0 amide bonds. The molecule has 0 unspecified atom stereocenters. The van der Waals surface area contributed by atoms with Crippen LogP contribution in [0, 0.1) is 5.82 Å². The average molecular weight is 314 g/mol. The molecule has 0 atom stereocenters. The summed E-state index contributed by atoms with van der Waals surface area (Å²) in [6, 6.07) is 3.54. The number of rotatable bonds is 6. The SMILES string of the molecule is COc1cc2c(cc1F)nc(CCl)n2CCN(C)C(C)C. The van der Waals surface area contributed by atoms with Crippen LogP contribution < -0.4 is 4.74 Å². The van der Waals surface area contributed by atoms with Crippen LogP contribution in [0.25, 0.3) is 11.0 Å². The number of likely N-dealkylation sites (N-methyl/N-ethyl adjacent to an activating group) is 1. The molecule has 4 nitrogen and oxygen atoms in total. The number of benzene rings is 1. The van der Waals surface area contributed by atoms with Crippen molar-refractivity contribution in [3.05, 3.63) is 23.8 Å². The van der Waals surface area contributed by atoms with Crippen LogP contribution in [-0.4, -0.2) is 41.2 Å². The highest BCUT2D eigenvalue weighted by atomic mass is 35.5. The van der Waals surface area contributed by atoms with Gasteiger partial charge in [-0.25, -0.2) is 9.37 Å². The summed E-state index contributed by atoms with van der Waals surface area (Å²) in [5.41, 5.74) is 1.46. The van der Waals surface area contributed by atoms with Crippen LogP contribution in [0.4, 0.5) is 4.39 Å². The zero-order valence-corrected chi connectivity index (χ0v) is 13.6. The summed E-state index contributed by atoms with van der Waals surface area (Å²) in [4.78, 5) is 6.65. The topological polar surface area (TPSA) is 30.3 Å². The normalized spacial score (nSPS) is 11.8. The van der Waals surface area contributed by atoms with Gasteiger partial charge in [0.1, 0.15) is 5.82 Å². The molecule has 2 aromatic rings. The number of hydrogen-bond acceptors (Lipinski definition) is 3. The van der Waals surface area contributed by atoms with E-state index in [1.165, 1.54) is 13.2 Å². The molecule has 0 spiro atoms. The summed E-state index contributed by atoms with van der Waals surface area (Å²) in [6.07, 6.45) is 0. The Labute approximate surface area is 129 Å². The molecule has 1 heterocycles. The molecule has 0 aliphatic rings. The van der Waals surface area contributed by atoms with E-state index >= 15 is 0 Å². The number of methoxy groups -OCH3 is 1. The van der Waals surface area contributed by atoms with Gasteiger partial charge in [-0.1, -0.05) is 0 Å². The predicted octanol–water partition coefficient (Wildman–Crippen LogP) is 3.26. The summed E-state index contributed by atoms with van der Waals surface area (Å²) >= 11 is 5.97. The first-order valence-corrected chi connectivity index (χ1v) is 7.50. The first kappa shape index (κ1) is 16.0. The zero-order chi connectivity index (χ0) is 15.6. The third-order valence-electron chi connectivity index (χ3n) is 3.78. The second-order valence-electron chi connectivity index (χ2n) is 5.36. The van der Waals surface area contributed by atoms with E-state index < -0.39 is 5.82 Å².